The lowest BCUT2D eigenvalue weighted by Gasteiger charge is -2.22. The van der Waals surface area contributed by atoms with Crippen molar-refractivity contribution in [1.29, 1.82) is 5.26 Å². The highest BCUT2D eigenvalue weighted by Crippen LogP contribution is 2.24. The van der Waals surface area contributed by atoms with Crippen LogP contribution in [-0.2, 0) is 0 Å². The molecule has 0 bridgehead atoms. The third-order valence-electron chi connectivity index (χ3n) is 2.79. The highest BCUT2D eigenvalue weighted by Gasteiger charge is 2.19. The summed E-state index contributed by atoms with van der Waals surface area (Å²) >= 11 is 3.37. The molecule has 0 radical (unpaired) electrons. The zero-order valence-corrected chi connectivity index (χ0v) is 12.9. The molecule has 0 saturated heterocycles. The lowest BCUT2D eigenvalue weighted by Crippen LogP contribution is -2.34. The predicted molar refractivity (Wildman–Crippen MR) is 77.0 cm³/mol. The Morgan fingerprint density at radius 1 is 1.58 bits per heavy atom. The van der Waals surface area contributed by atoms with E-state index in [1.54, 1.807) is 37.1 Å². The van der Waals surface area contributed by atoms with Crippen molar-refractivity contribution < 1.29 is 9.53 Å². The number of hydrogen-bond acceptors (Lipinski definition) is 3. The highest BCUT2D eigenvalue weighted by molar-refractivity contribution is 9.10. The number of ether oxygens (including phenoxy) is 1. The first kappa shape index (κ1) is 15.5. The first-order valence-corrected chi connectivity index (χ1v) is 6.85. The zero-order chi connectivity index (χ0) is 14.4. The molecule has 19 heavy (non-hydrogen) atoms. The van der Waals surface area contributed by atoms with E-state index in [0.717, 1.165) is 4.47 Å². The van der Waals surface area contributed by atoms with Gasteiger partial charge in [0.25, 0.3) is 5.91 Å². The molecule has 0 saturated carbocycles. The van der Waals surface area contributed by atoms with Gasteiger partial charge in [0.1, 0.15) is 5.75 Å². The topological polar surface area (TPSA) is 53.3 Å². The summed E-state index contributed by atoms with van der Waals surface area (Å²) < 4.78 is 5.86. The lowest BCUT2D eigenvalue weighted by molar-refractivity contribution is 0.0751. The molecule has 0 aliphatic carbocycles. The molecule has 1 atom stereocenters. The van der Waals surface area contributed by atoms with Gasteiger partial charge in [-0.2, -0.15) is 5.26 Å². The van der Waals surface area contributed by atoms with Crippen molar-refractivity contribution in [2.45, 2.75) is 13.8 Å². The average Bonchev–Trinajstić information content (AvgIpc) is 2.44. The fourth-order valence-electron chi connectivity index (χ4n) is 1.69. The summed E-state index contributed by atoms with van der Waals surface area (Å²) in [7, 11) is 1.56. The van der Waals surface area contributed by atoms with Crippen molar-refractivity contribution >= 4 is 21.8 Å². The molecule has 1 aromatic carbocycles. The minimum absolute atomic E-state index is 0.102. The van der Waals surface area contributed by atoms with Crippen molar-refractivity contribution in [2.75, 3.05) is 20.2 Å². The van der Waals surface area contributed by atoms with Gasteiger partial charge in [-0.15, -0.1) is 0 Å². The van der Waals surface area contributed by atoms with Crippen LogP contribution in [0.5, 0.6) is 5.75 Å². The number of carbonyl (C=O) groups excluding carboxylic acids is 1. The number of methoxy groups -OCH3 is 1. The molecule has 0 aromatic heterocycles. The molecule has 1 rings (SSSR count). The Balaban J connectivity index is 3.00. The normalized spacial score (nSPS) is 11.5. The second-order valence-electron chi connectivity index (χ2n) is 4.22. The summed E-state index contributed by atoms with van der Waals surface area (Å²) in [5, 5.41) is 8.85. The van der Waals surface area contributed by atoms with Crippen LogP contribution in [0.2, 0.25) is 0 Å². The minimum atomic E-state index is -0.187. The van der Waals surface area contributed by atoms with Crippen LogP contribution in [0.4, 0.5) is 0 Å². The molecule has 1 aromatic rings. The molecule has 1 amide bonds. The summed E-state index contributed by atoms with van der Waals surface area (Å²) in [6, 6.07) is 7.42. The minimum Gasteiger partial charge on any atom is -0.497 e. The van der Waals surface area contributed by atoms with E-state index in [-0.39, 0.29) is 11.8 Å². The molecule has 0 aliphatic rings. The number of rotatable bonds is 5. The van der Waals surface area contributed by atoms with Gasteiger partial charge in [0.2, 0.25) is 0 Å². The fourth-order valence-corrected chi connectivity index (χ4v) is 2.11. The van der Waals surface area contributed by atoms with Gasteiger partial charge in [-0.1, -0.05) is 0 Å². The van der Waals surface area contributed by atoms with Crippen LogP contribution in [0, 0.1) is 17.2 Å². The third kappa shape index (κ3) is 3.97. The number of halogens is 1. The number of hydrogen-bond donors (Lipinski definition) is 0. The summed E-state index contributed by atoms with van der Waals surface area (Å²) in [5.41, 5.74) is 0.548. The number of benzene rings is 1. The Kier molecular flexibility index (Phi) is 5.84. The lowest BCUT2D eigenvalue weighted by atomic mass is 10.1. The van der Waals surface area contributed by atoms with Crippen LogP contribution in [0.25, 0.3) is 0 Å². The molecule has 4 nitrogen and oxygen atoms in total. The Hall–Kier alpha value is -1.54. The van der Waals surface area contributed by atoms with Gasteiger partial charge >= 0.3 is 0 Å². The highest BCUT2D eigenvalue weighted by atomic mass is 79.9. The molecule has 0 spiro atoms. The van der Waals surface area contributed by atoms with E-state index >= 15 is 0 Å². The molecule has 0 fully saturated rings. The molecule has 1 unspecified atom stereocenters. The monoisotopic (exact) mass is 324 g/mol. The van der Waals surface area contributed by atoms with Crippen LogP contribution in [-0.4, -0.2) is 31.0 Å². The van der Waals surface area contributed by atoms with Crippen molar-refractivity contribution in [3.05, 3.63) is 28.2 Å². The largest absolute Gasteiger partial charge is 0.497 e. The van der Waals surface area contributed by atoms with Gasteiger partial charge in [0.05, 0.1) is 24.7 Å². The van der Waals surface area contributed by atoms with E-state index < -0.39 is 0 Å². The van der Waals surface area contributed by atoms with E-state index in [4.69, 9.17) is 10.00 Å². The van der Waals surface area contributed by atoms with Crippen molar-refractivity contribution in [3.63, 3.8) is 0 Å². The van der Waals surface area contributed by atoms with E-state index in [9.17, 15) is 4.79 Å². The first-order chi connectivity index (χ1) is 9.03. The second-order valence-corrected chi connectivity index (χ2v) is 5.07. The van der Waals surface area contributed by atoms with Crippen LogP contribution >= 0.6 is 15.9 Å². The standard InChI is InChI=1S/C14H17BrN2O2/c1-4-17(9-10(2)8-16)14(18)12-7-11(19-3)5-6-13(12)15/h5-7,10H,4,9H2,1-3H3. The van der Waals surface area contributed by atoms with E-state index in [1.165, 1.54) is 0 Å². The van der Waals surface area contributed by atoms with Gasteiger partial charge in [0, 0.05) is 17.6 Å². The zero-order valence-electron chi connectivity index (χ0n) is 11.3. The van der Waals surface area contributed by atoms with Gasteiger partial charge in [-0.05, 0) is 48.0 Å². The van der Waals surface area contributed by atoms with Crippen LogP contribution < -0.4 is 4.74 Å². The molecule has 0 heterocycles. The summed E-state index contributed by atoms with van der Waals surface area (Å²) in [5.74, 6) is 0.347. The van der Waals surface area contributed by atoms with E-state index in [2.05, 4.69) is 22.0 Å². The maximum atomic E-state index is 12.4. The van der Waals surface area contributed by atoms with Gasteiger partial charge < -0.3 is 9.64 Å². The van der Waals surface area contributed by atoms with Gasteiger partial charge in [-0.3, -0.25) is 4.79 Å². The maximum Gasteiger partial charge on any atom is 0.255 e. The summed E-state index contributed by atoms with van der Waals surface area (Å²) in [6.07, 6.45) is 0. The number of amides is 1. The number of nitrogens with zero attached hydrogens (tertiary/aromatic N) is 2. The van der Waals surface area contributed by atoms with Gasteiger partial charge in [0.15, 0.2) is 0 Å². The Morgan fingerprint density at radius 3 is 2.79 bits per heavy atom. The molecule has 0 aliphatic heterocycles. The number of nitriles is 1. The maximum absolute atomic E-state index is 12.4. The molecular weight excluding hydrogens is 308 g/mol. The Labute approximate surface area is 122 Å². The fraction of sp³-hybridized carbons (Fsp3) is 0.429. The number of carbonyl (C=O) groups is 1. The quantitative estimate of drug-likeness (QED) is 0.836. The molecule has 0 N–H and O–H groups in total. The Morgan fingerprint density at radius 2 is 2.26 bits per heavy atom. The van der Waals surface area contributed by atoms with E-state index in [1.807, 2.05) is 6.92 Å². The third-order valence-corrected chi connectivity index (χ3v) is 3.48. The smallest absolute Gasteiger partial charge is 0.255 e. The van der Waals surface area contributed by atoms with Crippen LogP contribution in [0.3, 0.4) is 0 Å². The van der Waals surface area contributed by atoms with Crippen molar-refractivity contribution in [3.8, 4) is 11.8 Å². The molecule has 102 valence electrons. The van der Waals surface area contributed by atoms with Crippen LogP contribution in [0.15, 0.2) is 22.7 Å². The van der Waals surface area contributed by atoms with Crippen LogP contribution in [0.1, 0.15) is 24.2 Å². The second kappa shape index (κ2) is 7.15. The van der Waals surface area contributed by atoms with E-state index in [0.29, 0.717) is 24.4 Å². The SMILES string of the molecule is CCN(CC(C)C#N)C(=O)c1cc(OC)ccc1Br. The van der Waals surface area contributed by atoms with Gasteiger partial charge in [-0.25, -0.2) is 0 Å². The summed E-state index contributed by atoms with van der Waals surface area (Å²) in [6.45, 7) is 4.69. The Bertz CT molecular complexity index is 497. The molecule has 5 heteroatoms. The van der Waals surface area contributed by atoms with Crippen molar-refractivity contribution in [2.24, 2.45) is 5.92 Å². The molecular formula is C14H17BrN2O2. The van der Waals surface area contributed by atoms with Crippen molar-refractivity contribution in [1.82, 2.24) is 4.90 Å². The first-order valence-electron chi connectivity index (χ1n) is 6.05. The average molecular weight is 325 g/mol. The summed E-state index contributed by atoms with van der Waals surface area (Å²) in [4.78, 5) is 14.1. The predicted octanol–water partition coefficient (Wildman–Crippen LogP) is 3.08.